The standard InChI is InChI=1S/C18H20F2N2OS/c1-3-13-4-6-15(7-5-13)22-17(23)12(2)21-14-8-10-16(11-9-14)24-18(19)20/h4-12,18,21H,3H2,1-2H3,(H,22,23)/t12-/m1/s1. The number of carbonyl (C=O) groups is 1. The molecule has 1 atom stereocenters. The molecule has 0 aliphatic carbocycles. The van der Waals surface area contributed by atoms with Gasteiger partial charge in [0.15, 0.2) is 0 Å². The molecule has 0 aliphatic heterocycles. The Labute approximate surface area is 144 Å². The molecule has 0 radical (unpaired) electrons. The lowest BCUT2D eigenvalue weighted by Gasteiger charge is -2.16. The topological polar surface area (TPSA) is 41.1 Å². The van der Waals surface area contributed by atoms with Crippen molar-refractivity contribution in [3.05, 3.63) is 54.1 Å². The zero-order valence-corrected chi connectivity index (χ0v) is 14.4. The van der Waals surface area contributed by atoms with Crippen LogP contribution in [-0.4, -0.2) is 17.7 Å². The maximum absolute atomic E-state index is 12.3. The Bertz CT molecular complexity index is 660. The average Bonchev–Trinajstić information content (AvgIpc) is 2.56. The van der Waals surface area contributed by atoms with Crippen LogP contribution in [0, 0.1) is 0 Å². The van der Waals surface area contributed by atoms with Gasteiger partial charge >= 0.3 is 0 Å². The number of carbonyl (C=O) groups excluding carboxylic acids is 1. The van der Waals surface area contributed by atoms with Gasteiger partial charge in [-0.25, -0.2) is 0 Å². The lowest BCUT2D eigenvalue weighted by molar-refractivity contribution is -0.116. The van der Waals surface area contributed by atoms with E-state index in [0.717, 1.165) is 12.1 Å². The first-order valence-electron chi connectivity index (χ1n) is 7.69. The molecule has 0 fully saturated rings. The van der Waals surface area contributed by atoms with E-state index in [0.29, 0.717) is 22.3 Å². The van der Waals surface area contributed by atoms with E-state index < -0.39 is 11.8 Å². The summed E-state index contributed by atoms with van der Waals surface area (Å²) in [4.78, 5) is 12.7. The first kappa shape index (κ1) is 18.3. The van der Waals surface area contributed by atoms with Crippen molar-refractivity contribution in [2.45, 2.75) is 37.0 Å². The third kappa shape index (κ3) is 5.53. The van der Waals surface area contributed by atoms with Gasteiger partial charge in [0.2, 0.25) is 5.91 Å². The molecule has 2 aromatic carbocycles. The van der Waals surface area contributed by atoms with Crippen LogP contribution < -0.4 is 10.6 Å². The Morgan fingerprint density at radius 2 is 1.62 bits per heavy atom. The first-order chi connectivity index (χ1) is 11.5. The van der Waals surface area contributed by atoms with Crippen molar-refractivity contribution < 1.29 is 13.6 Å². The van der Waals surface area contributed by atoms with Crippen LogP contribution in [0.4, 0.5) is 20.2 Å². The summed E-state index contributed by atoms with van der Waals surface area (Å²) in [7, 11) is 0. The third-order valence-electron chi connectivity index (χ3n) is 3.49. The second kappa shape index (κ2) is 8.68. The molecular formula is C18H20F2N2OS. The van der Waals surface area contributed by atoms with Crippen LogP contribution in [0.3, 0.4) is 0 Å². The van der Waals surface area contributed by atoms with Crippen molar-refractivity contribution in [2.75, 3.05) is 10.6 Å². The van der Waals surface area contributed by atoms with Gasteiger partial charge in [-0.1, -0.05) is 30.8 Å². The molecule has 0 heterocycles. The second-order valence-corrected chi connectivity index (χ2v) is 6.37. The molecule has 1 amide bonds. The Hall–Kier alpha value is -2.08. The second-order valence-electron chi connectivity index (χ2n) is 5.31. The normalized spacial score (nSPS) is 12.0. The van der Waals surface area contributed by atoms with Gasteiger partial charge in [0, 0.05) is 16.3 Å². The Balaban J connectivity index is 1.90. The number of nitrogens with one attached hydrogen (secondary N) is 2. The molecule has 0 unspecified atom stereocenters. The minimum atomic E-state index is -2.44. The van der Waals surface area contributed by atoms with Crippen LogP contribution in [0.15, 0.2) is 53.4 Å². The number of rotatable bonds is 7. The van der Waals surface area contributed by atoms with Crippen molar-refractivity contribution in [3.8, 4) is 0 Å². The first-order valence-corrected chi connectivity index (χ1v) is 8.57. The predicted molar refractivity (Wildman–Crippen MR) is 95.8 cm³/mol. The van der Waals surface area contributed by atoms with E-state index in [-0.39, 0.29) is 5.91 Å². The maximum Gasteiger partial charge on any atom is 0.288 e. The fourth-order valence-corrected chi connectivity index (χ4v) is 2.62. The number of benzene rings is 2. The number of amides is 1. The summed E-state index contributed by atoms with van der Waals surface area (Å²) in [6, 6.07) is 13.8. The fourth-order valence-electron chi connectivity index (χ4n) is 2.12. The van der Waals surface area contributed by atoms with Crippen LogP contribution in [0.5, 0.6) is 0 Å². The van der Waals surface area contributed by atoms with Gasteiger partial charge in [0.25, 0.3) is 5.76 Å². The molecule has 6 heteroatoms. The molecular weight excluding hydrogens is 330 g/mol. The summed E-state index contributed by atoms with van der Waals surface area (Å²) in [5, 5.41) is 5.90. The fraction of sp³-hybridized carbons (Fsp3) is 0.278. The zero-order chi connectivity index (χ0) is 17.5. The number of anilines is 2. The lowest BCUT2D eigenvalue weighted by Crippen LogP contribution is -2.31. The number of hydrogen-bond donors (Lipinski definition) is 2. The molecule has 0 bridgehead atoms. The molecule has 24 heavy (non-hydrogen) atoms. The van der Waals surface area contributed by atoms with E-state index in [2.05, 4.69) is 17.6 Å². The molecule has 0 saturated carbocycles. The van der Waals surface area contributed by atoms with Gasteiger partial charge in [-0.3, -0.25) is 4.79 Å². The number of halogens is 2. The molecule has 0 saturated heterocycles. The zero-order valence-electron chi connectivity index (χ0n) is 13.6. The lowest BCUT2D eigenvalue weighted by atomic mass is 10.1. The number of aryl methyl sites for hydroxylation is 1. The van der Waals surface area contributed by atoms with E-state index >= 15 is 0 Å². The van der Waals surface area contributed by atoms with Crippen molar-refractivity contribution in [3.63, 3.8) is 0 Å². The number of thioether (sulfide) groups is 1. The van der Waals surface area contributed by atoms with Crippen LogP contribution >= 0.6 is 11.8 Å². The summed E-state index contributed by atoms with van der Waals surface area (Å²) >= 11 is 0.497. The van der Waals surface area contributed by atoms with Crippen LogP contribution in [0.2, 0.25) is 0 Å². The monoisotopic (exact) mass is 350 g/mol. The molecule has 3 nitrogen and oxygen atoms in total. The summed E-state index contributed by atoms with van der Waals surface area (Å²) in [6.45, 7) is 3.82. The highest BCUT2D eigenvalue weighted by atomic mass is 32.2. The van der Waals surface area contributed by atoms with Gasteiger partial charge in [-0.05, 0) is 55.3 Å². The van der Waals surface area contributed by atoms with Crippen molar-refractivity contribution >= 4 is 29.0 Å². The molecule has 128 valence electrons. The minimum Gasteiger partial charge on any atom is -0.374 e. The Kier molecular flexibility index (Phi) is 6.61. The van der Waals surface area contributed by atoms with E-state index in [1.165, 1.54) is 5.56 Å². The Morgan fingerprint density at radius 3 is 2.17 bits per heavy atom. The quantitative estimate of drug-likeness (QED) is 0.690. The molecule has 2 rings (SSSR count). The van der Waals surface area contributed by atoms with Gasteiger partial charge in [-0.2, -0.15) is 8.78 Å². The van der Waals surface area contributed by atoms with Crippen LogP contribution in [0.1, 0.15) is 19.4 Å². The average molecular weight is 350 g/mol. The van der Waals surface area contributed by atoms with Crippen molar-refractivity contribution in [1.82, 2.24) is 0 Å². The van der Waals surface area contributed by atoms with E-state index in [9.17, 15) is 13.6 Å². The molecule has 0 aromatic heterocycles. The largest absolute Gasteiger partial charge is 0.374 e. The maximum atomic E-state index is 12.3. The minimum absolute atomic E-state index is 0.162. The van der Waals surface area contributed by atoms with Crippen molar-refractivity contribution in [2.24, 2.45) is 0 Å². The van der Waals surface area contributed by atoms with E-state index in [4.69, 9.17) is 0 Å². The van der Waals surface area contributed by atoms with Crippen molar-refractivity contribution in [1.29, 1.82) is 0 Å². The summed E-state index contributed by atoms with van der Waals surface area (Å²) in [6.07, 6.45) is 0.950. The molecule has 0 aliphatic rings. The van der Waals surface area contributed by atoms with Gasteiger partial charge in [-0.15, -0.1) is 0 Å². The highest BCUT2D eigenvalue weighted by Gasteiger charge is 2.13. The van der Waals surface area contributed by atoms with Gasteiger partial charge < -0.3 is 10.6 Å². The third-order valence-corrected chi connectivity index (χ3v) is 4.21. The smallest absolute Gasteiger partial charge is 0.288 e. The van der Waals surface area contributed by atoms with Gasteiger partial charge in [0.05, 0.1) is 0 Å². The van der Waals surface area contributed by atoms with E-state index in [1.807, 2.05) is 24.3 Å². The highest BCUT2D eigenvalue weighted by Crippen LogP contribution is 2.26. The summed E-state index contributed by atoms with van der Waals surface area (Å²) in [5.74, 6) is -2.60. The molecule has 2 aromatic rings. The number of hydrogen-bond acceptors (Lipinski definition) is 3. The summed E-state index contributed by atoms with van der Waals surface area (Å²) < 4.78 is 24.6. The molecule has 2 N–H and O–H groups in total. The van der Waals surface area contributed by atoms with Crippen LogP contribution in [0.25, 0.3) is 0 Å². The molecule has 0 spiro atoms. The summed E-state index contributed by atoms with van der Waals surface area (Å²) in [5.41, 5.74) is 2.66. The predicted octanol–water partition coefficient (Wildman–Crippen LogP) is 5.00. The van der Waals surface area contributed by atoms with E-state index in [1.54, 1.807) is 31.2 Å². The highest BCUT2D eigenvalue weighted by molar-refractivity contribution is 7.99. The Morgan fingerprint density at radius 1 is 1.04 bits per heavy atom. The SMILES string of the molecule is CCc1ccc(NC(=O)[C@@H](C)Nc2ccc(SC(F)F)cc2)cc1. The van der Waals surface area contributed by atoms with Gasteiger partial charge in [0.1, 0.15) is 6.04 Å². The van der Waals surface area contributed by atoms with Crippen LogP contribution in [-0.2, 0) is 11.2 Å². The number of alkyl halides is 2.